The van der Waals surface area contributed by atoms with Gasteiger partial charge in [-0.3, -0.25) is 4.79 Å². The Morgan fingerprint density at radius 1 is 1.15 bits per heavy atom. The number of thiazole rings is 1. The lowest BCUT2D eigenvalue weighted by atomic mass is 10.3. The van der Waals surface area contributed by atoms with E-state index in [0.717, 1.165) is 10.2 Å². The van der Waals surface area contributed by atoms with Crippen molar-refractivity contribution in [3.63, 3.8) is 0 Å². The van der Waals surface area contributed by atoms with Crippen molar-refractivity contribution >= 4 is 37.5 Å². The average Bonchev–Trinajstić information content (AvgIpc) is 3.26. The van der Waals surface area contributed by atoms with Crippen LogP contribution in [-0.4, -0.2) is 64.7 Å². The number of benzene rings is 1. The summed E-state index contributed by atoms with van der Waals surface area (Å²) in [6.45, 7) is 1.45. The number of carbonyl (C=O) groups excluding carboxylic acids is 1. The van der Waals surface area contributed by atoms with Crippen molar-refractivity contribution in [2.45, 2.75) is 11.4 Å². The summed E-state index contributed by atoms with van der Waals surface area (Å²) in [4.78, 5) is 25.3. The molecule has 0 spiro atoms. The Bertz CT molecular complexity index is 996. The van der Waals surface area contributed by atoms with E-state index in [1.807, 2.05) is 24.3 Å². The summed E-state index contributed by atoms with van der Waals surface area (Å²) in [7, 11) is -3.61. The van der Waals surface area contributed by atoms with Gasteiger partial charge in [-0.05, 0) is 18.6 Å². The highest BCUT2D eigenvalue weighted by Gasteiger charge is 2.30. The van der Waals surface area contributed by atoms with Gasteiger partial charge >= 0.3 is 0 Å². The lowest BCUT2D eigenvalue weighted by molar-refractivity contribution is 0.0764. The number of aromatic nitrogens is 3. The molecule has 26 heavy (non-hydrogen) atoms. The molecule has 1 fully saturated rings. The Hall–Kier alpha value is -2.30. The first-order valence-electron chi connectivity index (χ1n) is 8.19. The number of nitrogens with one attached hydrogen (secondary N) is 1. The van der Waals surface area contributed by atoms with E-state index in [1.165, 1.54) is 28.2 Å². The molecule has 0 saturated carbocycles. The summed E-state index contributed by atoms with van der Waals surface area (Å²) in [6.07, 6.45) is 3.21. The number of aromatic amines is 1. The molecule has 0 radical (unpaired) electrons. The first-order valence-corrected chi connectivity index (χ1v) is 10.4. The maximum absolute atomic E-state index is 12.8. The summed E-state index contributed by atoms with van der Waals surface area (Å²) >= 11 is 1.36. The highest BCUT2D eigenvalue weighted by molar-refractivity contribution is 7.89. The average molecular weight is 391 g/mol. The fourth-order valence-corrected chi connectivity index (χ4v) is 5.26. The van der Waals surface area contributed by atoms with Gasteiger partial charge in [-0.2, -0.15) is 4.31 Å². The Kier molecular flexibility index (Phi) is 4.47. The fraction of sp³-hybridized carbons (Fsp3) is 0.312. The van der Waals surface area contributed by atoms with Crippen molar-refractivity contribution in [2.75, 3.05) is 26.2 Å². The molecule has 2 aromatic heterocycles. The van der Waals surface area contributed by atoms with E-state index in [1.54, 1.807) is 4.90 Å². The molecule has 0 bridgehead atoms. The summed E-state index contributed by atoms with van der Waals surface area (Å²) in [5.41, 5.74) is 0.805. The number of sulfonamides is 1. The number of carbonyl (C=O) groups is 1. The van der Waals surface area contributed by atoms with Gasteiger partial charge in [0.2, 0.25) is 0 Å². The van der Waals surface area contributed by atoms with Gasteiger partial charge in [0.05, 0.1) is 22.7 Å². The van der Waals surface area contributed by atoms with E-state index < -0.39 is 10.0 Å². The zero-order valence-corrected chi connectivity index (χ0v) is 15.5. The highest BCUT2D eigenvalue weighted by Crippen LogP contribution is 2.23. The van der Waals surface area contributed by atoms with E-state index in [9.17, 15) is 13.2 Å². The van der Waals surface area contributed by atoms with Crippen LogP contribution in [0.2, 0.25) is 0 Å². The van der Waals surface area contributed by atoms with Crippen molar-refractivity contribution in [1.82, 2.24) is 24.2 Å². The second-order valence-electron chi connectivity index (χ2n) is 5.95. The van der Waals surface area contributed by atoms with Crippen LogP contribution in [0.15, 0.2) is 41.8 Å². The van der Waals surface area contributed by atoms with Gasteiger partial charge in [-0.1, -0.05) is 12.1 Å². The lowest BCUT2D eigenvalue weighted by Gasteiger charge is -2.20. The predicted molar refractivity (Wildman–Crippen MR) is 97.5 cm³/mol. The number of nitrogens with zero attached hydrogens (tertiary/aromatic N) is 4. The third kappa shape index (κ3) is 3.11. The molecule has 1 saturated heterocycles. The second kappa shape index (κ2) is 6.78. The van der Waals surface area contributed by atoms with E-state index in [-0.39, 0.29) is 17.5 Å². The van der Waals surface area contributed by atoms with Crippen molar-refractivity contribution in [1.29, 1.82) is 0 Å². The molecule has 136 valence electrons. The number of hydrogen-bond acceptors (Lipinski definition) is 6. The molecule has 10 heteroatoms. The van der Waals surface area contributed by atoms with Crippen molar-refractivity contribution in [3.8, 4) is 0 Å². The Morgan fingerprint density at radius 3 is 2.77 bits per heavy atom. The molecule has 1 N–H and O–H groups in total. The number of amides is 1. The maximum Gasteiger partial charge on any atom is 0.282 e. The molecule has 1 aliphatic rings. The molecule has 1 aliphatic heterocycles. The molecular formula is C16H17N5O3S2. The molecule has 3 aromatic rings. The Balaban J connectivity index is 1.50. The van der Waals surface area contributed by atoms with Crippen LogP contribution in [0.5, 0.6) is 0 Å². The van der Waals surface area contributed by atoms with Gasteiger partial charge in [-0.15, -0.1) is 11.3 Å². The maximum atomic E-state index is 12.8. The van der Waals surface area contributed by atoms with Crippen LogP contribution in [0.3, 0.4) is 0 Å². The van der Waals surface area contributed by atoms with Gasteiger partial charge < -0.3 is 9.88 Å². The molecule has 0 unspecified atom stereocenters. The van der Waals surface area contributed by atoms with E-state index in [4.69, 9.17) is 0 Å². The monoisotopic (exact) mass is 391 g/mol. The lowest BCUT2D eigenvalue weighted by Crippen LogP contribution is -2.37. The number of imidazole rings is 1. The van der Waals surface area contributed by atoms with Crippen molar-refractivity contribution < 1.29 is 13.2 Å². The van der Waals surface area contributed by atoms with E-state index in [2.05, 4.69) is 15.0 Å². The van der Waals surface area contributed by atoms with Crippen molar-refractivity contribution in [3.05, 3.63) is 41.8 Å². The van der Waals surface area contributed by atoms with Crippen LogP contribution >= 0.6 is 11.3 Å². The van der Waals surface area contributed by atoms with Gasteiger partial charge in [0.15, 0.2) is 10.0 Å². The SMILES string of the molecule is O=C(c1nc2ccccc2s1)N1CCCN(S(=O)(=O)c2cnc[nH]2)CC1. The quantitative estimate of drug-likeness (QED) is 0.730. The molecule has 1 aromatic carbocycles. The molecular weight excluding hydrogens is 374 g/mol. The first kappa shape index (κ1) is 17.1. The van der Waals surface area contributed by atoms with Gasteiger partial charge in [0.1, 0.15) is 0 Å². The first-order chi connectivity index (χ1) is 12.6. The summed E-state index contributed by atoms with van der Waals surface area (Å²) in [6, 6.07) is 7.62. The molecule has 0 aliphatic carbocycles. The van der Waals surface area contributed by atoms with Crippen LogP contribution in [0.1, 0.15) is 16.2 Å². The zero-order valence-electron chi connectivity index (χ0n) is 13.8. The van der Waals surface area contributed by atoms with E-state index >= 15 is 0 Å². The van der Waals surface area contributed by atoms with Crippen LogP contribution in [-0.2, 0) is 10.0 Å². The third-order valence-electron chi connectivity index (χ3n) is 4.31. The number of fused-ring (bicyclic) bond motifs is 1. The minimum atomic E-state index is -3.61. The van der Waals surface area contributed by atoms with Crippen molar-refractivity contribution in [2.24, 2.45) is 0 Å². The van der Waals surface area contributed by atoms with E-state index in [0.29, 0.717) is 31.1 Å². The topological polar surface area (TPSA) is 99.3 Å². The molecule has 3 heterocycles. The van der Waals surface area contributed by atoms with Crippen LogP contribution < -0.4 is 0 Å². The smallest absolute Gasteiger partial charge is 0.282 e. The fourth-order valence-electron chi connectivity index (χ4n) is 2.96. The Labute approximate surface area is 154 Å². The summed E-state index contributed by atoms with van der Waals surface area (Å²) in [5, 5.41) is 0.513. The minimum Gasteiger partial charge on any atom is -0.335 e. The molecule has 4 rings (SSSR count). The highest BCUT2D eigenvalue weighted by atomic mass is 32.2. The zero-order chi connectivity index (χ0) is 18.1. The predicted octanol–water partition coefficient (Wildman–Crippen LogP) is 1.56. The number of hydrogen-bond donors (Lipinski definition) is 1. The van der Waals surface area contributed by atoms with Crippen LogP contribution in [0, 0.1) is 0 Å². The standard InChI is InChI=1S/C16H17N5O3S2/c22-16(15-19-12-4-1-2-5-13(12)25-15)20-6-3-7-21(9-8-20)26(23,24)14-10-17-11-18-14/h1-2,4-5,10-11H,3,6-9H2,(H,17,18). The Morgan fingerprint density at radius 2 is 2.00 bits per heavy atom. The third-order valence-corrected chi connectivity index (χ3v) is 7.16. The number of para-hydroxylation sites is 1. The van der Waals surface area contributed by atoms with Gasteiger partial charge in [0, 0.05) is 26.2 Å². The number of rotatable bonds is 3. The number of H-pyrrole nitrogens is 1. The molecule has 0 atom stereocenters. The van der Waals surface area contributed by atoms with Crippen LogP contribution in [0.4, 0.5) is 0 Å². The summed E-state index contributed by atoms with van der Waals surface area (Å²) < 4.78 is 27.6. The molecule has 1 amide bonds. The van der Waals surface area contributed by atoms with Gasteiger partial charge in [-0.25, -0.2) is 18.4 Å². The van der Waals surface area contributed by atoms with Crippen LogP contribution in [0.25, 0.3) is 10.2 Å². The minimum absolute atomic E-state index is 0.0726. The summed E-state index contributed by atoms with van der Waals surface area (Å²) in [5.74, 6) is -0.146. The largest absolute Gasteiger partial charge is 0.335 e. The van der Waals surface area contributed by atoms with Gasteiger partial charge in [0.25, 0.3) is 15.9 Å². The molecule has 8 nitrogen and oxygen atoms in total. The second-order valence-corrected chi connectivity index (χ2v) is 8.89. The normalized spacial score (nSPS) is 16.7.